The van der Waals surface area contributed by atoms with E-state index in [1.54, 1.807) is 5.47 Å². The summed E-state index contributed by atoms with van der Waals surface area (Å²) in [7, 11) is 0. The third kappa shape index (κ3) is 8.20. The normalized spacial score (nSPS) is 13.5. The summed E-state index contributed by atoms with van der Waals surface area (Å²) >= 11 is -1.49. The molecule has 0 atom stereocenters. The van der Waals surface area contributed by atoms with Gasteiger partial charge in [0.25, 0.3) is 0 Å². The molecule has 0 aliphatic rings. The van der Waals surface area contributed by atoms with Gasteiger partial charge in [-0.15, -0.1) is 0 Å². The molecular weight excluding hydrogens is 430 g/mol. The van der Waals surface area contributed by atoms with E-state index in [4.69, 9.17) is 0 Å². The molecule has 0 aliphatic carbocycles. The van der Waals surface area contributed by atoms with E-state index in [0.29, 0.717) is 17.6 Å². The first-order chi connectivity index (χ1) is 12.4. The molecule has 0 bridgehead atoms. The topological polar surface area (TPSA) is 0 Å². The van der Waals surface area contributed by atoms with E-state index in [9.17, 15) is 0 Å². The van der Waals surface area contributed by atoms with Gasteiger partial charge < -0.3 is 0 Å². The zero-order chi connectivity index (χ0) is 21.4. The number of rotatable bonds is 10. The van der Waals surface area contributed by atoms with Crippen LogP contribution in [-0.2, 0) is 0 Å². The van der Waals surface area contributed by atoms with Crippen LogP contribution in [0.2, 0.25) is 21.5 Å². The Kier molecular flexibility index (Phi) is 12.7. The molecule has 0 aromatic carbocycles. The van der Waals surface area contributed by atoms with Crippen LogP contribution in [0.4, 0.5) is 0 Å². The van der Waals surface area contributed by atoms with Gasteiger partial charge in [0.05, 0.1) is 0 Å². The van der Waals surface area contributed by atoms with E-state index < -0.39 is 25.9 Å². The molecule has 2 heteroatoms. The Morgan fingerprint density at radius 3 is 1.59 bits per heavy atom. The molecule has 0 nitrogen and oxygen atoms in total. The second kappa shape index (κ2) is 12.7. The minimum absolute atomic E-state index is 0.616. The van der Waals surface area contributed by atoms with Crippen molar-refractivity contribution in [3.8, 4) is 11.7 Å². The van der Waals surface area contributed by atoms with E-state index in [1.165, 1.54) is 19.3 Å². The van der Waals surface area contributed by atoms with Crippen molar-refractivity contribution in [1.29, 1.82) is 0 Å². The van der Waals surface area contributed by atoms with Gasteiger partial charge in [-0.25, -0.2) is 0 Å². The molecule has 0 saturated heterocycles. The van der Waals surface area contributed by atoms with Crippen LogP contribution in [0.25, 0.3) is 0 Å². The molecule has 0 rings (SSSR count). The van der Waals surface area contributed by atoms with Gasteiger partial charge in [-0.1, -0.05) is 0 Å². The van der Waals surface area contributed by atoms with Gasteiger partial charge in [0.2, 0.25) is 0 Å². The first kappa shape index (κ1) is 27.2. The Morgan fingerprint density at radius 1 is 0.778 bits per heavy atom. The molecule has 0 heterocycles. The summed E-state index contributed by atoms with van der Waals surface area (Å²) in [4.78, 5) is 5.18. The molecule has 0 amide bonds. The molecule has 0 unspecified atom stereocenters. The first-order valence-corrected chi connectivity index (χ1v) is 18.7. The van der Waals surface area contributed by atoms with E-state index in [0.717, 1.165) is 18.3 Å². The molecule has 0 spiro atoms. The van der Waals surface area contributed by atoms with E-state index in [1.807, 2.05) is 3.59 Å². The zero-order valence-corrected chi connectivity index (χ0v) is 23.6. The summed E-state index contributed by atoms with van der Waals surface area (Å²) in [6.07, 6.45) is 4.12. The quantitative estimate of drug-likeness (QED) is 0.218. The average molecular weight is 479 g/mol. The summed E-state index contributed by atoms with van der Waals surface area (Å²) < 4.78 is 1.90. The third-order valence-electron chi connectivity index (χ3n) is 6.35. The standard InChI is InChI=1S/C23H43B.2CH3.Sn/c1-18(2)14-11-12-17-24(21(7)8,22(9)10)23(20(5)6)16-13-15-19(3)4;;;/h18-22H,11,13-15H2,1-10H3;2*1H3;/q-1;;;+1. The van der Waals surface area contributed by atoms with Gasteiger partial charge in [-0.2, -0.15) is 0 Å². The first-order valence-electron chi connectivity index (χ1n) is 11.6. The second-order valence-corrected chi connectivity index (χ2v) is 18.2. The van der Waals surface area contributed by atoms with E-state index in [-0.39, 0.29) is 0 Å². The fraction of sp³-hybridized carbons (Fsp3) is 0.840. The van der Waals surface area contributed by atoms with Crippen LogP contribution in [0.5, 0.6) is 0 Å². The number of hydrogen-bond donors (Lipinski definition) is 0. The molecule has 0 radical (unpaired) electrons. The second-order valence-electron chi connectivity index (χ2n) is 10.8. The zero-order valence-electron chi connectivity index (χ0n) is 20.8. The molecule has 0 aromatic heterocycles. The van der Waals surface area contributed by atoms with Crippen molar-refractivity contribution in [2.24, 2.45) is 17.8 Å². The molecule has 0 aliphatic heterocycles. The van der Waals surface area contributed by atoms with Crippen LogP contribution in [-0.4, -0.2) is 25.9 Å². The van der Waals surface area contributed by atoms with E-state index >= 15 is 0 Å². The van der Waals surface area contributed by atoms with Crippen molar-refractivity contribution >= 4 is 25.9 Å². The Bertz CT molecular complexity index is 504. The van der Waals surface area contributed by atoms with Crippen molar-refractivity contribution in [1.82, 2.24) is 0 Å². The van der Waals surface area contributed by atoms with Gasteiger partial charge in [0.1, 0.15) is 0 Å². The van der Waals surface area contributed by atoms with Crippen molar-refractivity contribution in [2.75, 3.05) is 0 Å². The third-order valence-corrected chi connectivity index (χ3v) is 11.3. The Hall–Kier alpha value is 0.164. The molecule has 0 saturated carbocycles. The molecule has 0 fully saturated rings. The van der Waals surface area contributed by atoms with Crippen molar-refractivity contribution in [2.45, 2.75) is 116 Å². The maximum absolute atomic E-state index is 3.98. The summed E-state index contributed by atoms with van der Waals surface area (Å²) in [6.45, 7) is 24.0. The Labute approximate surface area is 180 Å². The summed E-state index contributed by atoms with van der Waals surface area (Å²) in [6, 6.07) is 0. The van der Waals surface area contributed by atoms with Gasteiger partial charge in [0, 0.05) is 0 Å². The van der Waals surface area contributed by atoms with Gasteiger partial charge in [0.15, 0.2) is 0 Å². The fourth-order valence-electron chi connectivity index (χ4n) is 4.81. The van der Waals surface area contributed by atoms with Gasteiger partial charge in [-0.3, -0.25) is 0 Å². The van der Waals surface area contributed by atoms with Gasteiger partial charge in [-0.05, 0) is 0 Å². The van der Waals surface area contributed by atoms with Crippen LogP contribution in [0.3, 0.4) is 0 Å². The summed E-state index contributed by atoms with van der Waals surface area (Å²) in [5.41, 5.74) is 1.80. The predicted octanol–water partition coefficient (Wildman–Crippen LogP) is 8.46. The van der Waals surface area contributed by atoms with Crippen LogP contribution in [0.1, 0.15) is 94.9 Å². The molecule has 27 heavy (non-hydrogen) atoms. The fourth-order valence-corrected chi connectivity index (χ4v) is 9.80. The average Bonchev–Trinajstić information content (AvgIpc) is 2.50. The van der Waals surface area contributed by atoms with Crippen LogP contribution >= 0.6 is 0 Å². The molecule has 156 valence electrons. The maximum atomic E-state index is 3.98. The summed E-state index contributed by atoms with van der Waals surface area (Å²) in [5.74, 6) is 11.0. The van der Waals surface area contributed by atoms with Crippen LogP contribution < -0.4 is 0 Å². The predicted molar refractivity (Wildman–Crippen MR) is 131 cm³/mol. The molecule has 0 N–H and O–H groups in total. The monoisotopic (exact) mass is 480 g/mol. The van der Waals surface area contributed by atoms with Crippen LogP contribution in [0.15, 0.2) is 9.06 Å². The molecular formula is C25H49BSn. The Morgan fingerprint density at radius 2 is 1.26 bits per heavy atom. The molecule has 0 aromatic rings. The van der Waals surface area contributed by atoms with Crippen molar-refractivity contribution in [3.05, 3.63) is 9.06 Å². The number of hydrogen-bond acceptors (Lipinski definition) is 0. The van der Waals surface area contributed by atoms with Crippen molar-refractivity contribution in [3.63, 3.8) is 0 Å². The van der Waals surface area contributed by atoms with Crippen LogP contribution in [0, 0.1) is 29.5 Å². The van der Waals surface area contributed by atoms with E-state index in [2.05, 4.69) is 90.9 Å². The van der Waals surface area contributed by atoms with Crippen molar-refractivity contribution < 1.29 is 0 Å². The SMILES string of the molecule is CC(C)CCC#C[B-](/C(=[C](/CCC(C)C)[Sn+]([CH3])[CH3])C(C)C)(C(C)C)C(C)C. The summed E-state index contributed by atoms with van der Waals surface area (Å²) in [5, 5.41) is 0. The minimum atomic E-state index is -1.49. The Balaban J connectivity index is 6.50. The number of allylic oxidation sites excluding steroid dienone is 2. The van der Waals surface area contributed by atoms with Gasteiger partial charge >= 0.3 is 181 Å².